The Kier molecular flexibility index (Phi) is 2.40. The highest BCUT2D eigenvalue weighted by Gasteiger charge is 2.43. The molecule has 78 valence electrons. The molecule has 1 fully saturated rings. The predicted octanol–water partition coefficient (Wildman–Crippen LogP) is 3.56. The minimum absolute atomic E-state index is 0.0258. The van der Waals surface area contributed by atoms with Crippen molar-refractivity contribution in [2.75, 3.05) is 0 Å². The van der Waals surface area contributed by atoms with Gasteiger partial charge in [-0.2, -0.15) is 5.26 Å². The van der Waals surface area contributed by atoms with Gasteiger partial charge in [0.2, 0.25) is 0 Å². The second-order valence-electron chi connectivity index (χ2n) is 3.77. The normalized spacial score (nSPS) is 18.0. The van der Waals surface area contributed by atoms with Gasteiger partial charge in [-0.25, -0.2) is 8.78 Å². The molecule has 1 nitrogen and oxygen atoms in total. The van der Waals surface area contributed by atoms with Gasteiger partial charge < -0.3 is 0 Å². The Balaban J connectivity index is 2.62. The van der Waals surface area contributed by atoms with E-state index in [1.165, 1.54) is 0 Å². The van der Waals surface area contributed by atoms with Crippen molar-refractivity contribution in [1.29, 1.82) is 5.26 Å². The third-order valence-electron chi connectivity index (χ3n) is 2.94. The molecule has 1 aromatic rings. The SMILES string of the molecule is N#CC1(c2c(F)ccc(F)c2Cl)CCC1. The molecule has 1 aliphatic carbocycles. The van der Waals surface area contributed by atoms with Crippen molar-refractivity contribution in [3.8, 4) is 6.07 Å². The Morgan fingerprint density at radius 2 is 1.87 bits per heavy atom. The summed E-state index contributed by atoms with van der Waals surface area (Å²) in [4.78, 5) is 0. The monoisotopic (exact) mass is 227 g/mol. The van der Waals surface area contributed by atoms with E-state index in [9.17, 15) is 8.78 Å². The van der Waals surface area contributed by atoms with E-state index in [1.54, 1.807) is 0 Å². The summed E-state index contributed by atoms with van der Waals surface area (Å²) in [6.45, 7) is 0. The Hall–Kier alpha value is -1.14. The van der Waals surface area contributed by atoms with E-state index < -0.39 is 17.0 Å². The lowest BCUT2D eigenvalue weighted by Gasteiger charge is -2.36. The molecule has 1 aliphatic rings. The second-order valence-corrected chi connectivity index (χ2v) is 4.14. The van der Waals surface area contributed by atoms with Crippen LogP contribution in [0.4, 0.5) is 8.78 Å². The zero-order valence-corrected chi connectivity index (χ0v) is 8.61. The molecule has 0 aromatic heterocycles. The van der Waals surface area contributed by atoms with Crippen molar-refractivity contribution in [2.24, 2.45) is 0 Å². The number of halogens is 3. The van der Waals surface area contributed by atoms with Crippen molar-refractivity contribution in [2.45, 2.75) is 24.7 Å². The first-order chi connectivity index (χ1) is 7.10. The molecular formula is C11H8ClF2N. The summed E-state index contributed by atoms with van der Waals surface area (Å²) >= 11 is 5.71. The molecule has 0 bridgehead atoms. The molecule has 0 amide bonds. The number of nitriles is 1. The van der Waals surface area contributed by atoms with Gasteiger partial charge in [-0.05, 0) is 31.4 Å². The van der Waals surface area contributed by atoms with E-state index in [0.29, 0.717) is 12.8 Å². The van der Waals surface area contributed by atoms with E-state index in [1.807, 2.05) is 6.07 Å². The van der Waals surface area contributed by atoms with Crippen LogP contribution in [-0.4, -0.2) is 0 Å². The van der Waals surface area contributed by atoms with Crippen LogP contribution in [-0.2, 0) is 5.41 Å². The van der Waals surface area contributed by atoms with Crippen LogP contribution < -0.4 is 0 Å². The van der Waals surface area contributed by atoms with Crippen LogP contribution in [0.25, 0.3) is 0 Å². The smallest absolute Gasteiger partial charge is 0.142 e. The van der Waals surface area contributed by atoms with Gasteiger partial charge in [0.1, 0.15) is 11.6 Å². The van der Waals surface area contributed by atoms with Crippen LogP contribution in [0, 0.1) is 23.0 Å². The predicted molar refractivity (Wildman–Crippen MR) is 52.5 cm³/mol. The number of hydrogen-bond acceptors (Lipinski definition) is 1. The van der Waals surface area contributed by atoms with E-state index in [-0.39, 0.29) is 10.6 Å². The molecule has 0 N–H and O–H groups in total. The van der Waals surface area contributed by atoms with Gasteiger partial charge in [0.05, 0.1) is 16.5 Å². The first-order valence-electron chi connectivity index (χ1n) is 4.66. The Morgan fingerprint density at radius 1 is 1.27 bits per heavy atom. The molecular weight excluding hydrogens is 220 g/mol. The van der Waals surface area contributed by atoms with Crippen molar-refractivity contribution >= 4 is 11.6 Å². The van der Waals surface area contributed by atoms with Gasteiger partial charge in [0, 0.05) is 5.56 Å². The summed E-state index contributed by atoms with van der Waals surface area (Å²) in [6, 6.07) is 4.05. The first kappa shape index (κ1) is 10.4. The Bertz CT molecular complexity index is 447. The van der Waals surface area contributed by atoms with E-state index in [0.717, 1.165) is 18.6 Å². The molecule has 0 atom stereocenters. The lowest BCUT2D eigenvalue weighted by Crippen LogP contribution is -2.34. The molecule has 0 aliphatic heterocycles. The third-order valence-corrected chi connectivity index (χ3v) is 3.31. The molecule has 0 radical (unpaired) electrons. The molecule has 1 aromatic carbocycles. The lowest BCUT2D eigenvalue weighted by atomic mass is 9.65. The fourth-order valence-electron chi connectivity index (χ4n) is 1.91. The van der Waals surface area contributed by atoms with Gasteiger partial charge in [0.15, 0.2) is 0 Å². The average Bonchev–Trinajstić information content (AvgIpc) is 2.16. The molecule has 2 rings (SSSR count). The number of nitrogens with zero attached hydrogens (tertiary/aromatic N) is 1. The highest BCUT2D eigenvalue weighted by Crippen LogP contribution is 2.47. The van der Waals surface area contributed by atoms with Gasteiger partial charge in [0.25, 0.3) is 0 Å². The minimum Gasteiger partial charge on any atom is -0.207 e. The third kappa shape index (κ3) is 1.40. The van der Waals surface area contributed by atoms with Gasteiger partial charge >= 0.3 is 0 Å². The number of benzene rings is 1. The number of rotatable bonds is 1. The molecule has 0 saturated heterocycles. The summed E-state index contributed by atoms with van der Waals surface area (Å²) in [5.74, 6) is -1.27. The van der Waals surface area contributed by atoms with Gasteiger partial charge in [-0.15, -0.1) is 0 Å². The van der Waals surface area contributed by atoms with Crippen LogP contribution >= 0.6 is 11.6 Å². The summed E-state index contributed by atoms with van der Waals surface area (Å²) in [5.41, 5.74) is -0.888. The first-order valence-corrected chi connectivity index (χ1v) is 5.04. The van der Waals surface area contributed by atoms with Crippen LogP contribution in [0.2, 0.25) is 5.02 Å². The van der Waals surface area contributed by atoms with Crippen LogP contribution in [0.15, 0.2) is 12.1 Å². The second kappa shape index (κ2) is 3.46. The van der Waals surface area contributed by atoms with Crippen molar-refractivity contribution in [3.05, 3.63) is 34.4 Å². The summed E-state index contributed by atoms with van der Waals surface area (Å²) in [7, 11) is 0. The molecule has 0 heterocycles. The summed E-state index contributed by atoms with van der Waals surface area (Å²) < 4.78 is 26.7. The summed E-state index contributed by atoms with van der Waals surface area (Å²) in [5, 5.41) is 8.78. The fourth-order valence-corrected chi connectivity index (χ4v) is 2.25. The van der Waals surface area contributed by atoms with Crippen molar-refractivity contribution in [1.82, 2.24) is 0 Å². The largest absolute Gasteiger partial charge is 0.207 e. The molecule has 15 heavy (non-hydrogen) atoms. The highest BCUT2D eigenvalue weighted by atomic mass is 35.5. The quantitative estimate of drug-likeness (QED) is 0.673. The zero-order valence-electron chi connectivity index (χ0n) is 7.86. The standard InChI is InChI=1S/C11H8ClF2N/c12-10-8(14)3-2-7(13)9(10)11(6-15)4-1-5-11/h2-3H,1,4-5H2. The molecule has 0 unspecified atom stereocenters. The lowest BCUT2D eigenvalue weighted by molar-refractivity contribution is 0.312. The number of hydrogen-bond donors (Lipinski definition) is 0. The maximum absolute atomic E-state index is 13.5. The fraction of sp³-hybridized carbons (Fsp3) is 0.364. The topological polar surface area (TPSA) is 23.8 Å². The Morgan fingerprint density at radius 3 is 2.33 bits per heavy atom. The zero-order chi connectivity index (χ0) is 11.1. The van der Waals surface area contributed by atoms with Crippen LogP contribution in [0.3, 0.4) is 0 Å². The molecule has 1 saturated carbocycles. The molecule has 0 spiro atoms. The minimum atomic E-state index is -0.913. The maximum atomic E-state index is 13.5. The Labute approximate surface area is 91.3 Å². The van der Waals surface area contributed by atoms with Crippen molar-refractivity contribution < 1.29 is 8.78 Å². The van der Waals surface area contributed by atoms with Crippen LogP contribution in [0.5, 0.6) is 0 Å². The molecule has 4 heteroatoms. The maximum Gasteiger partial charge on any atom is 0.142 e. The average molecular weight is 228 g/mol. The van der Waals surface area contributed by atoms with Gasteiger partial charge in [-0.1, -0.05) is 11.6 Å². The van der Waals surface area contributed by atoms with Crippen molar-refractivity contribution in [3.63, 3.8) is 0 Å². The van der Waals surface area contributed by atoms with Gasteiger partial charge in [-0.3, -0.25) is 0 Å². The van der Waals surface area contributed by atoms with E-state index in [4.69, 9.17) is 16.9 Å². The highest BCUT2D eigenvalue weighted by molar-refractivity contribution is 6.31. The van der Waals surface area contributed by atoms with Crippen LogP contribution in [0.1, 0.15) is 24.8 Å². The van der Waals surface area contributed by atoms with E-state index in [2.05, 4.69) is 0 Å². The summed E-state index contributed by atoms with van der Waals surface area (Å²) in [6.07, 6.45) is 1.94. The van der Waals surface area contributed by atoms with E-state index >= 15 is 0 Å².